The molecule has 30 heavy (non-hydrogen) atoms. The van der Waals surface area contributed by atoms with Crippen molar-refractivity contribution in [3.63, 3.8) is 0 Å². The van der Waals surface area contributed by atoms with E-state index in [1.807, 2.05) is 24.3 Å². The molecule has 0 saturated heterocycles. The van der Waals surface area contributed by atoms with Gasteiger partial charge in [0.1, 0.15) is 0 Å². The first kappa shape index (κ1) is 25.9. The summed E-state index contributed by atoms with van der Waals surface area (Å²) in [6.07, 6.45) is 0.812. The molecule has 0 bridgehead atoms. The molecule has 0 spiro atoms. The van der Waals surface area contributed by atoms with Crippen LogP contribution in [-0.2, 0) is 19.5 Å². The van der Waals surface area contributed by atoms with E-state index < -0.39 is 0 Å². The summed E-state index contributed by atoms with van der Waals surface area (Å²) < 4.78 is 0. The molecule has 6 nitrogen and oxygen atoms in total. The maximum atomic E-state index is 12.1. The van der Waals surface area contributed by atoms with Gasteiger partial charge in [-0.2, -0.15) is 0 Å². The Bertz CT molecular complexity index is 836. The molecule has 2 N–H and O–H groups in total. The summed E-state index contributed by atoms with van der Waals surface area (Å²) in [5.41, 5.74) is 4.41. The highest BCUT2D eigenvalue weighted by Gasteiger charge is 2.08. The zero-order valence-electron chi connectivity index (χ0n) is 18.6. The molecule has 0 aliphatic heterocycles. The van der Waals surface area contributed by atoms with Crippen molar-refractivity contribution < 1.29 is 4.79 Å². The average Bonchev–Trinajstić information content (AvgIpc) is 2.70. The van der Waals surface area contributed by atoms with Crippen molar-refractivity contribution in [1.82, 2.24) is 20.4 Å². The largest absolute Gasteiger partial charge is 0.356 e. The second-order valence-electron chi connectivity index (χ2n) is 7.51. The van der Waals surface area contributed by atoms with E-state index in [0.29, 0.717) is 5.56 Å². The van der Waals surface area contributed by atoms with Crippen molar-refractivity contribution in [3.05, 3.63) is 70.8 Å². The molecule has 0 atom stereocenters. The SMILES string of the molecule is CN=C(NCCc1cccc(C(=O)N(C)C)c1)NCc1ccccc1CN(C)C.I. The molecule has 164 valence electrons. The Balaban J connectivity index is 0.00000450. The number of halogens is 1. The Morgan fingerprint density at radius 2 is 1.67 bits per heavy atom. The molecular formula is C23H34IN5O. The number of rotatable bonds is 8. The number of nitrogens with zero attached hydrogens (tertiary/aromatic N) is 3. The van der Waals surface area contributed by atoms with Crippen LogP contribution in [0.5, 0.6) is 0 Å². The van der Waals surface area contributed by atoms with Gasteiger partial charge in [-0.15, -0.1) is 24.0 Å². The topological polar surface area (TPSA) is 60.0 Å². The van der Waals surface area contributed by atoms with Gasteiger partial charge < -0.3 is 20.4 Å². The van der Waals surface area contributed by atoms with Gasteiger partial charge in [-0.25, -0.2) is 0 Å². The first-order chi connectivity index (χ1) is 13.9. The van der Waals surface area contributed by atoms with Crippen LogP contribution in [0.4, 0.5) is 0 Å². The highest BCUT2D eigenvalue weighted by molar-refractivity contribution is 14.0. The van der Waals surface area contributed by atoms with Gasteiger partial charge in [0.2, 0.25) is 0 Å². The predicted octanol–water partition coefficient (Wildman–Crippen LogP) is 2.98. The summed E-state index contributed by atoms with van der Waals surface area (Å²) in [6, 6.07) is 16.2. The second-order valence-corrected chi connectivity index (χ2v) is 7.51. The lowest BCUT2D eigenvalue weighted by Crippen LogP contribution is -2.38. The molecule has 0 aromatic heterocycles. The first-order valence-corrected chi connectivity index (χ1v) is 9.87. The lowest BCUT2D eigenvalue weighted by molar-refractivity contribution is 0.0827. The van der Waals surface area contributed by atoms with E-state index in [4.69, 9.17) is 0 Å². The first-order valence-electron chi connectivity index (χ1n) is 9.87. The fraction of sp³-hybridized carbons (Fsp3) is 0.391. The molecule has 0 aliphatic rings. The predicted molar refractivity (Wildman–Crippen MR) is 136 cm³/mol. The minimum Gasteiger partial charge on any atom is -0.356 e. The lowest BCUT2D eigenvalue weighted by Gasteiger charge is -2.16. The van der Waals surface area contributed by atoms with E-state index in [0.717, 1.165) is 37.6 Å². The van der Waals surface area contributed by atoms with Gasteiger partial charge in [-0.05, 0) is 49.3 Å². The number of amides is 1. The van der Waals surface area contributed by atoms with Crippen molar-refractivity contribution in [3.8, 4) is 0 Å². The van der Waals surface area contributed by atoms with E-state index in [2.05, 4.69) is 58.9 Å². The van der Waals surface area contributed by atoms with Gasteiger partial charge in [0, 0.05) is 46.3 Å². The van der Waals surface area contributed by atoms with Gasteiger partial charge in [0.05, 0.1) is 0 Å². The van der Waals surface area contributed by atoms with Gasteiger partial charge in [-0.3, -0.25) is 9.79 Å². The Kier molecular flexibility index (Phi) is 11.4. The van der Waals surface area contributed by atoms with Crippen molar-refractivity contribution in [2.75, 3.05) is 41.8 Å². The number of benzene rings is 2. The molecule has 0 saturated carbocycles. The third-order valence-electron chi connectivity index (χ3n) is 4.56. The maximum Gasteiger partial charge on any atom is 0.253 e. The molecule has 0 unspecified atom stereocenters. The van der Waals surface area contributed by atoms with E-state index in [9.17, 15) is 4.79 Å². The summed E-state index contributed by atoms with van der Waals surface area (Å²) in [6.45, 7) is 2.36. The molecule has 7 heteroatoms. The van der Waals surface area contributed by atoms with E-state index in [1.165, 1.54) is 11.1 Å². The maximum absolute atomic E-state index is 12.1. The van der Waals surface area contributed by atoms with E-state index in [1.54, 1.807) is 26.0 Å². The third kappa shape index (κ3) is 8.31. The fourth-order valence-corrected chi connectivity index (χ4v) is 3.07. The van der Waals surface area contributed by atoms with Crippen LogP contribution in [0, 0.1) is 0 Å². The van der Waals surface area contributed by atoms with Crippen LogP contribution in [0.15, 0.2) is 53.5 Å². The Labute approximate surface area is 197 Å². The highest BCUT2D eigenvalue weighted by atomic mass is 127. The minimum atomic E-state index is 0. The number of carbonyl (C=O) groups is 1. The van der Waals surface area contributed by atoms with Gasteiger partial charge >= 0.3 is 0 Å². The van der Waals surface area contributed by atoms with Crippen LogP contribution >= 0.6 is 24.0 Å². The van der Waals surface area contributed by atoms with Crippen molar-refractivity contribution >= 4 is 35.8 Å². The Hall–Kier alpha value is -2.13. The van der Waals surface area contributed by atoms with Crippen molar-refractivity contribution in [1.29, 1.82) is 0 Å². The molecule has 0 radical (unpaired) electrons. The van der Waals surface area contributed by atoms with Crippen LogP contribution in [-0.4, -0.2) is 63.4 Å². The zero-order chi connectivity index (χ0) is 21.2. The van der Waals surface area contributed by atoms with Gasteiger partial charge in [0.15, 0.2) is 5.96 Å². The van der Waals surface area contributed by atoms with Crippen LogP contribution in [0.25, 0.3) is 0 Å². The van der Waals surface area contributed by atoms with E-state index >= 15 is 0 Å². The number of guanidine groups is 1. The van der Waals surface area contributed by atoms with E-state index in [-0.39, 0.29) is 29.9 Å². The summed E-state index contributed by atoms with van der Waals surface area (Å²) >= 11 is 0. The Morgan fingerprint density at radius 1 is 0.967 bits per heavy atom. The molecule has 0 heterocycles. The number of carbonyl (C=O) groups excluding carboxylic acids is 1. The van der Waals surface area contributed by atoms with Gasteiger partial charge in [0.25, 0.3) is 5.91 Å². The molecule has 0 fully saturated rings. The number of hydrogen-bond donors (Lipinski definition) is 2. The van der Waals surface area contributed by atoms with Crippen LogP contribution in [0.1, 0.15) is 27.0 Å². The number of hydrogen-bond acceptors (Lipinski definition) is 3. The summed E-state index contributed by atoms with van der Waals surface area (Å²) in [5, 5.41) is 6.74. The smallest absolute Gasteiger partial charge is 0.253 e. The molecular weight excluding hydrogens is 489 g/mol. The monoisotopic (exact) mass is 523 g/mol. The van der Waals surface area contributed by atoms with Crippen LogP contribution in [0.2, 0.25) is 0 Å². The Morgan fingerprint density at radius 3 is 2.30 bits per heavy atom. The third-order valence-corrected chi connectivity index (χ3v) is 4.56. The standard InChI is InChI=1S/C23H33N5O.HI/c1-24-23(26-16-20-10-6-7-11-21(20)17-27(2)3)25-14-13-18-9-8-12-19(15-18)22(29)28(4)5;/h6-12,15H,13-14,16-17H2,1-5H3,(H2,24,25,26);1H. The van der Waals surface area contributed by atoms with Gasteiger partial charge in [-0.1, -0.05) is 36.4 Å². The second kappa shape index (κ2) is 13.2. The molecule has 2 aromatic carbocycles. The van der Waals surface area contributed by atoms with Crippen molar-refractivity contribution in [2.24, 2.45) is 4.99 Å². The van der Waals surface area contributed by atoms with Crippen molar-refractivity contribution in [2.45, 2.75) is 19.5 Å². The van der Waals surface area contributed by atoms with Crippen LogP contribution in [0.3, 0.4) is 0 Å². The highest BCUT2D eigenvalue weighted by Crippen LogP contribution is 2.10. The number of nitrogens with one attached hydrogen (secondary N) is 2. The average molecular weight is 523 g/mol. The minimum absolute atomic E-state index is 0. The number of aliphatic imine (C=N–C) groups is 1. The normalized spacial score (nSPS) is 11.1. The molecule has 1 amide bonds. The quantitative estimate of drug-likeness (QED) is 0.318. The summed E-state index contributed by atoms with van der Waals surface area (Å²) in [7, 11) is 9.46. The summed E-state index contributed by atoms with van der Waals surface area (Å²) in [4.78, 5) is 20.2. The molecule has 0 aliphatic carbocycles. The summed E-state index contributed by atoms with van der Waals surface area (Å²) in [5.74, 6) is 0.791. The lowest BCUT2D eigenvalue weighted by atomic mass is 10.1. The fourth-order valence-electron chi connectivity index (χ4n) is 3.07. The molecule has 2 rings (SSSR count). The van der Waals surface area contributed by atoms with Crippen LogP contribution < -0.4 is 10.6 Å². The molecule has 2 aromatic rings. The zero-order valence-corrected chi connectivity index (χ0v) is 20.9.